The zero-order valence-corrected chi connectivity index (χ0v) is 17.0. The highest BCUT2D eigenvalue weighted by Gasteiger charge is 2.13. The Morgan fingerprint density at radius 3 is 2.50 bits per heavy atom. The van der Waals surface area contributed by atoms with Crippen LogP contribution in [0.15, 0.2) is 42.5 Å². The molecule has 0 aliphatic heterocycles. The van der Waals surface area contributed by atoms with E-state index in [2.05, 4.69) is 10.0 Å². The summed E-state index contributed by atoms with van der Waals surface area (Å²) in [6.07, 6.45) is 1.08. The molecule has 2 rings (SSSR count). The Morgan fingerprint density at radius 1 is 1.15 bits per heavy atom. The summed E-state index contributed by atoms with van der Waals surface area (Å²) in [7, 11) is -3.39. The van der Waals surface area contributed by atoms with Crippen molar-refractivity contribution in [1.82, 2.24) is 5.32 Å². The second-order valence-corrected chi connectivity index (χ2v) is 9.08. The quantitative estimate of drug-likeness (QED) is 0.648. The first-order chi connectivity index (χ1) is 12.3. The van der Waals surface area contributed by atoms with Gasteiger partial charge in [0.25, 0.3) is 5.91 Å². The minimum atomic E-state index is -3.39. The number of amides is 1. The molecule has 0 saturated carbocycles. The summed E-state index contributed by atoms with van der Waals surface area (Å²) < 4.78 is 25.2. The van der Waals surface area contributed by atoms with E-state index < -0.39 is 10.0 Å². The minimum absolute atomic E-state index is 0.216. The number of anilines is 1. The first-order valence-electron chi connectivity index (χ1n) is 7.94. The first kappa shape index (κ1) is 20.6. The number of hydrogen-bond donors (Lipinski definition) is 2. The van der Waals surface area contributed by atoms with Gasteiger partial charge in [0.05, 0.1) is 11.9 Å². The topological polar surface area (TPSA) is 75.3 Å². The zero-order chi connectivity index (χ0) is 19.2. The SMILES string of the molecule is Cc1c(NS(C)(=O)=O)cccc1C(=O)NCCSCc1ccc(Cl)cc1. The maximum Gasteiger partial charge on any atom is 0.251 e. The molecular weight excluding hydrogens is 392 g/mol. The van der Waals surface area contributed by atoms with Gasteiger partial charge in [0, 0.05) is 28.6 Å². The molecule has 0 saturated heterocycles. The monoisotopic (exact) mass is 412 g/mol. The number of carbonyl (C=O) groups is 1. The molecule has 0 radical (unpaired) electrons. The van der Waals surface area contributed by atoms with Gasteiger partial charge in [0.1, 0.15) is 0 Å². The molecule has 2 N–H and O–H groups in total. The van der Waals surface area contributed by atoms with Crippen molar-refractivity contribution in [3.05, 3.63) is 64.2 Å². The molecule has 0 unspecified atom stereocenters. The van der Waals surface area contributed by atoms with Gasteiger partial charge in [0.2, 0.25) is 10.0 Å². The molecule has 0 atom stereocenters. The van der Waals surface area contributed by atoms with Gasteiger partial charge < -0.3 is 5.32 Å². The summed E-state index contributed by atoms with van der Waals surface area (Å²) in [5.74, 6) is 1.40. The van der Waals surface area contributed by atoms with E-state index in [9.17, 15) is 13.2 Å². The number of sulfonamides is 1. The van der Waals surface area contributed by atoms with E-state index in [1.54, 1.807) is 36.9 Å². The van der Waals surface area contributed by atoms with Gasteiger partial charge in [-0.15, -0.1) is 0 Å². The van der Waals surface area contributed by atoms with Gasteiger partial charge in [-0.2, -0.15) is 11.8 Å². The van der Waals surface area contributed by atoms with Crippen molar-refractivity contribution in [3.8, 4) is 0 Å². The summed E-state index contributed by atoms with van der Waals surface area (Å²) in [5.41, 5.74) is 2.66. The van der Waals surface area contributed by atoms with Crippen molar-refractivity contribution >= 4 is 45.0 Å². The Hall–Kier alpha value is -1.70. The third-order valence-electron chi connectivity index (χ3n) is 3.59. The molecule has 2 aromatic carbocycles. The minimum Gasteiger partial charge on any atom is -0.351 e. The summed E-state index contributed by atoms with van der Waals surface area (Å²) in [6.45, 7) is 2.25. The van der Waals surface area contributed by atoms with Crippen LogP contribution in [0.25, 0.3) is 0 Å². The molecule has 1 amide bonds. The number of thioether (sulfide) groups is 1. The highest BCUT2D eigenvalue weighted by molar-refractivity contribution is 7.98. The molecule has 0 aromatic heterocycles. The third kappa shape index (κ3) is 6.55. The van der Waals surface area contributed by atoms with Crippen LogP contribution in [0.5, 0.6) is 0 Å². The van der Waals surface area contributed by atoms with Crippen molar-refractivity contribution in [2.45, 2.75) is 12.7 Å². The highest BCUT2D eigenvalue weighted by Crippen LogP contribution is 2.20. The normalized spacial score (nSPS) is 11.2. The maximum atomic E-state index is 12.3. The van der Waals surface area contributed by atoms with Crippen LogP contribution in [-0.4, -0.2) is 32.9 Å². The van der Waals surface area contributed by atoms with Crippen LogP contribution in [0.2, 0.25) is 5.02 Å². The lowest BCUT2D eigenvalue weighted by atomic mass is 10.1. The van der Waals surface area contributed by atoms with Gasteiger partial charge in [-0.25, -0.2) is 8.42 Å². The molecule has 140 valence electrons. The molecule has 0 heterocycles. The predicted molar refractivity (Wildman–Crippen MR) is 110 cm³/mol. The van der Waals surface area contributed by atoms with E-state index in [-0.39, 0.29) is 5.91 Å². The van der Waals surface area contributed by atoms with Crippen LogP contribution in [0.4, 0.5) is 5.69 Å². The fourth-order valence-electron chi connectivity index (χ4n) is 2.29. The van der Waals surface area contributed by atoms with Crippen LogP contribution in [-0.2, 0) is 15.8 Å². The molecule has 0 aliphatic carbocycles. The Kier molecular flexibility index (Phi) is 7.37. The van der Waals surface area contributed by atoms with Crippen LogP contribution in [0.1, 0.15) is 21.5 Å². The van der Waals surface area contributed by atoms with Gasteiger partial charge in [-0.1, -0.05) is 29.8 Å². The van der Waals surface area contributed by atoms with E-state index in [0.717, 1.165) is 17.8 Å². The van der Waals surface area contributed by atoms with E-state index in [1.165, 1.54) is 5.56 Å². The standard InChI is InChI=1S/C18H21ClN2O3S2/c1-13-16(4-3-5-17(13)21-26(2,23)24)18(22)20-10-11-25-12-14-6-8-15(19)9-7-14/h3-9,21H,10-12H2,1-2H3,(H,20,22). The molecule has 0 aliphatic rings. The van der Waals surface area contributed by atoms with Crippen molar-refractivity contribution in [2.75, 3.05) is 23.3 Å². The van der Waals surface area contributed by atoms with Gasteiger partial charge in [0.15, 0.2) is 0 Å². The highest BCUT2D eigenvalue weighted by atomic mass is 35.5. The number of halogens is 1. The lowest BCUT2D eigenvalue weighted by molar-refractivity contribution is 0.0955. The lowest BCUT2D eigenvalue weighted by Crippen LogP contribution is -2.26. The van der Waals surface area contributed by atoms with Gasteiger partial charge in [-0.05, 0) is 42.3 Å². The summed E-state index contributed by atoms with van der Waals surface area (Å²) in [5, 5.41) is 3.58. The number of rotatable bonds is 8. The smallest absolute Gasteiger partial charge is 0.251 e. The second-order valence-electron chi connectivity index (χ2n) is 5.79. The van der Waals surface area contributed by atoms with Crippen LogP contribution in [0.3, 0.4) is 0 Å². The molecular formula is C18H21ClN2O3S2. The average Bonchev–Trinajstić information content (AvgIpc) is 2.57. The molecule has 8 heteroatoms. The van der Waals surface area contributed by atoms with E-state index in [4.69, 9.17) is 11.6 Å². The third-order valence-corrected chi connectivity index (χ3v) is 5.46. The summed E-state index contributed by atoms with van der Waals surface area (Å²) >= 11 is 7.57. The summed E-state index contributed by atoms with van der Waals surface area (Å²) in [6, 6.07) is 12.7. The van der Waals surface area contributed by atoms with Crippen molar-refractivity contribution in [1.29, 1.82) is 0 Å². The van der Waals surface area contributed by atoms with E-state index >= 15 is 0 Å². The molecule has 0 spiro atoms. The number of nitrogens with one attached hydrogen (secondary N) is 2. The van der Waals surface area contributed by atoms with Crippen LogP contribution >= 0.6 is 23.4 Å². The first-order valence-corrected chi connectivity index (χ1v) is 11.4. The Morgan fingerprint density at radius 2 is 1.85 bits per heavy atom. The zero-order valence-electron chi connectivity index (χ0n) is 14.6. The average molecular weight is 413 g/mol. The molecule has 26 heavy (non-hydrogen) atoms. The van der Waals surface area contributed by atoms with E-state index in [1.807, 2.05) is 24.3 Å². The predicted octanol–water partition coefficient (Wildman–Crippen LogP) is 3.68. The van der Waals surface area contributed by atoms with E-state index in [0.29, 0.717) is 28.4 Å². The van der Waals surface area contributed by atoms with Crippen molar-refractivity contribution < 1.29 is 13.2 Å². The van der Waals surface area contributed by atoms with Crippen molar-refractivity contribution in [3.63, 3.8) is 0 Å². The molecule has 5 nitrogen and oxygen atoms in total. The molecule has 0 bridgehead atoms. The number of hydrogen-bond acceptors (Lipinski definition) is 4. The Labute approximate surface area is 163 Å². The summed E-state index contributed by atoms with van der Waals surface area (Å²) in [4.78, 5) is 12.3. The number of carbonyl (C=O) groups excluding carboxylic acids is 1. The van der Waals surface area contributed by atoms with Crippen LogP contribution < -0.4 is 10.0 Å². The number of benzene rings is 2. The maximum absolute atomic E-state index is 12.3. The molecule has 0 fully saturated rings. The second kappa shape index (κ2) is 9.30. The molecule has 2 aromatic rings. The Balaban J connectivity index is 1.84. The van der Waals surface area contributed by atoms with Gasteiger partial charge >= 0.3 is 0 Å². The van der Waals surface area contributed by atoms with Gasteiger partial charge in [-0.3, -0.25) is 9.52 Å². The fraction of sp³-hybridized carbons (Fsp3) is 0.278. The largest absolute Gasteiger partial charge is 0.351 e. The Bertz CT molecular complexity index is 869. The fourth-order valence-corrected chi connectivity index (χ4v) is 3.86. The van der Waals surface area contributed by atoms with Crippen LogP contribution in [0, 0.1) is 6.92 Å². The lowest BCUT2D eigenvalue weighted by Gasteiger charge is -2.12. The van der Waals surface area contributed by atoms with Crippen molar-refractivity contribution in [2.24, 2.45) is 0 Å².